The van der Waals surface area contributed by atoms with Crippen molar-refractivity contribution in [3.63, 3.8) is 0 Å². The molecule has 5 nitrogen and oxygen atoms in total. The average molecular weight is 345 g/mol. The van der Waals surface area contributed by atoms with E-state index in [-0.39, 0.29) is 12.6 Å². The zero-order chi connectivity index (χ0) is 17.7. The smallest absolute Gasteiger partial charge is 0.315 e. The maximum absolute atomic E-state index is 12.2. The predicted octanol–water partition coefficient (Wildman–Crippen LogP) is 2.36. The lowest BCUT2D eigenvalue weighted by Gasteiger charge is -2.33. The van der Waals surface area contributed by atoms with Gasteiger partial charge < -0.3 is 15.7 Å². The summed E-state index contributed by atoms with van der Waals surface area (Å²) in [6.07, 6.45) is 4.43. The van der Waals surface area contributed by atoms with Crippen LogP contribution >= 0.6 is 0 Å². The van der Waals surface area contributed by atoms with E-state index in [1.54, 1.807) is 0 Å². The molecule has 25 heavy (non-hydrogen) atoms. The average Bonchev–Trinajstić information content (AvgIpc) is 3.48. The van der Waals surface area contributed by atoms with Crippen molar-refractivity contribution in [2.75, 3.05) is 26.2 Å². The van der Waals surface area contributed by atoms with Gasteiger partial charge in [0, 0.05) is 13.1 Å². The summed E-state index contributed by atoms with van der Waals surface area (Å²) in [5.74, 6) is 0.962. The molecule has 1 aliphatic heterocycles. The van der Waals surface area contributed by atoms with E-state index in [0.717, 1.165) is 51.9 Å². The van der Waals surface area contributed by atoms with Crippen LogP contribution in [0.15, 0.2) is 30.3 Å². The molecule has 0 spiro atoms. The molecule has 1 unspecified atom stereocenters. The summed E-state index contributed by atoms with van der Waals surface area (Å²) >= 11 is 0. The highest BCUT2D eigenvalue weighted by Crippen LogP contribution is 2.39. The molecule has 0 radical (unpaired) electrons. The lowest BCUT2D eigenvalue weighted by Crippen LogP contribution is -2.54. The Labute approximate surface area is 150 Å². The quantitative estimate of drug-likeness (QED) is 0.711. The standard InChI is InChI=1S/C20H31N3O2/c1-20(15-24,18-7-8-18)22-19(25)21-13-16-9-11-23(12-10-16)14-17-5-3-2-4-6-17/h2-6,16,18,24H,7-15H2,1H3,(H2,21,22,25). The number of benzene rings is 1. The Bertz CT molecular complexity index is 553. The molecule has 1 aromatic rings. The number of aliphatic hydroxyl groups excluding tert-OH is 1. The highest BCUT2D eigenvalue weighted by Gasteiger charge is 2.42. The van der Waals surface area contributed by atoms with E-state index in [0.29, 0.717) is 11.8 Å². The molecule has 2 aliphatic rings. The van der Waals surface area contributed by atoms with Crippen molar-refractivity contribution < 1.29 is 9.90 Å². The number of nitrogens with one attached hydrogen (secondary N) is 2. The lowest BCUT2D eigenvalue weighted by molar-refractivity contribution is 0.151. The van der Waals surface area contributed by atoms with Gasteiger partial charge in [0.15, 0.2) is 0 Å². The van der Waals surface area contributed by atoms with Crippen molar-refractivity contribution in [2.24, 2.45) is 11.8 Å². The van der Waals surface area contributed by atoms with Crippen LogP contribution in [0.25, 0.3) is 0 Å². The maximum atomic E-state index is 12.2. The van der Waals surface area contributed by atoms with Crippen LogP contribution in [0.4, 0.5) is 4.79 Å². The fourth-order valence-corrected chi connectivity index (χ4v) is 3.72. The SMILES string of the molecule is CC(CO)(NC(=O)NCC1CCN(Cc2ccccc2)CC1)C1CC1. The highest BCUT2D eigenvalue weighted by molar-refractivity contribution is 5.74. The molecule has 1 heterocycles. The van der Waals surface area contributed by atoms with Crippen molar-refractivity contribution >= 4 is 6.03 Å². The van der Waals surface area contributed by atoms with Crippen LogP contribution in [0, 0.1) is 11.8 Å². The van der Waals surface area contributed by atoms with Crippen molar-refractivity contribution in [2.45, 2.75) is 44.7 Å². The summed E-state index contributed by atoms with van der Waals surface area (Å²) in [4.78, 5) is 14.6. The van der Waals surface area contributed by atoms with Crippen molar-refractivity contribution in [3.8, 4) is 0 Å². The molecule has 1 aromatic carbocycles. The van der Waals surface area contributed by atoms with Gasteiger partial charge in [-0.25, -0.2) is 4.79 Å². The molecule has 0 aromatic heterocycles. The first-order chi connectivity index (χ1) is 12.1. The molecule has 5 heteroatoms. The van der Waals surface area contributed by atoms with Gasteiger partial charge in [0.25, 0.3) is 0 Å². The molecule has 138 valence electrons. The van der Waals surface area contributed by atoms with Gasteiger partial charge in [0.2, 0.25) is 0 Å². The molecule has 3 rings (SSSR count). The number of amides is 2. The van der Waals surface area contributed by atoms with E-state index in [1.807, 2.05) is 6.92 Å². The van der Waals surface area contributed by atoms with E-state index in [4.69, 9.17) is 0 Å². The fraction of sp³-hybridized carbons (Fsp3) is 0.650. The monoisotopic (exact) mass is 345 g/mol. The number of hydrogen-bond acceptors (Lipinski definition) is 3. The molecule has 2 fully saturated rings. The van der Waals surface area contributed by atoms with E-state index < -0.39 is 5.54 Å². The Morgan fingerprint density at radius 1 is 1.20 bits per heavy atom. The molecule has 1 atom stereocenters. The van der Waals surface area contributed by atoms with Crippen LogP contribution in [0.2, 0.25) is 0 Å². The largest absolute Gasteiger partial charge is 0.394 e. The van der Waals surface area contributed by atoms with Crippen molar-refractivity contribution in [1.82, 2.24) is 15.5 Å². The zero-order valence-electron chi connectivity index (χ0n) is 15.2. The second-order valence-electron chi connectivity index (χ2n) is 7.89. The normalized spacial score (nSPS) is 21.5. The van der Waals surface area contributed by atoms with Gasteiger partial charge in [-0.1, -0.05) is 30.3 Å². The molecular formula is C20H31N3O2. The number of aliphatic hydroxyl groups is 1. The summed E-state index contributed by atoms with van der Waals surface area (Å²) in [5.41, 5.74) is 0.894. The van der Waals surface area contributed by atoms with Crippen LogP contribution in [-0.4, -0.2) is 47.8 Å². The summed E-state index contributed by atoms with van der Waals surface area (Å²) in [7, 11) is 0. The molecule has 1 saturated carbocycles. The summed E-state index contributed by atoms with van der Waals surface area (Å²) < 4.78 is 0. The van der Waals surface area contributed by atoms with E-state index in [1.165, 1.54) is 5.56 Å². The van der Waals surface area contributed by atoms with Crippen LogP contribution in [0.1, 0.15) is 38.2 Å². The fourth-order valence-electron chi connectivity index (χ4n) is 3.72. The van der Waals surface area contributed by atoms with Gasteiger partial charge in [-0.3, -0.25) is 4.90 Å². The number of hydrogen-bond donors (Lipinski definition) is 3. The topological polar surface area (TPSA) is 64.6 Å². The minimum Gasteiger partial charge on any atom is -0.394 e. The molecule has 1 aliphatic carbocycles. The number of rotatable bonds is 7. The van der Waals surface area contributed by atoms with Crippen molar-refractivity contribution in [3.05, 3.63) is 35.9 Å². The van der Waals surface area contributed by atoms with Gasteiger partial charge in [-0.15, -0.1) is 0 Å². The van der Waals surface area contributed by atoms with E-state index >= 15 is 0 Å². The third-order valence-electron chi connectivity index (χ3n) is 5.71. The Hall–Kier alpha value is -1.59. The maximum Gasteiger partial charge on any atom is 0.315 e. The molecule has 2 amide bonds. The predicted molar refractivity (Wildman–Crippen MR) is 99.2 cm³/mol. The van der Waals surface area contributed by atoms with Crippen LogP contribution in [-0.2, 0) is 6.54 Å². The Morgan fingerprint density at radius 3 is 2.48 bits per heavy atom. The number of carbonyl (C=O) groups excluding carboxylic acids is 1. The minimum absolute atomic E-state index is 0.00294. The number of carbonyl (C=O) groups is 1. The first-order valence-electron chi connectivity index (χ1n) is 9.52. The van der Waals surface area contributed by atoms with Crippen LogP contribution < -0.4 is 10.6 Å². The molecule has 1 saturated heterocycles. The summed E-state index contributed by atoms with van der Waals surface area (Å²) in [6.45, 7) is 5.84. The summed E-state index contributed by atoms with van der Waals surface area (Å²) in [5, 5.41) is 15.5. The number of urea groups is 1. The lowest BCUT2D eigenvalue weighted by atomic mass is 9.96. The minimum atomic E-state index is -0.469. The third kappa shape index (κ3) is 5.19. The number of nitrogens with zero attached hydrogens (tertiary/aromatic N) is 1. The number of piperidine rings is 1. The van der Waals surface area contributed by atoms with Crippen molar-refractivity contribution in [1.29, 1.82) is 0 Å². The van der Waals surface area contributed by atoms with Gasteiger partial charge in [0.1, 0.15) is 0 Å². The second-order valence-corrected chi connectivity index (χ2v) is 7.89. The van der Waals surface area contributed by atoms with Gasteiger partial charge in [-0.2, -0.15) is 0 Å². The molecular weight excluding hydrogens is 314 g/mol. The van der Waals surface area contributed by atoms with Gasteiger partial charge in [0.05, 0.1) is 12.1 Å². The van der Waals surface area contributed by atoms with E-state index in [9.17, 15) is 9.90 Å². The molecule has 0 bridgehead atoms. The zero-order valence-corrected chi connectivity index (χ0v) is 15.2. The van der Waals surface area contributed by atoms with Gasteiger partial charge >= 0.3 is 6.03 Å². The molecule has 3 N–H and O–H groups in total. The van der Waals surface area contributed by atoms with E-state index in [2.05, 4.69) is 45.9 Å². The number of likely N-dealkylation sites (tertiary alicyclic amines) is 1. The Morgan fingerprint density at radius 2 is 1.88 bits per heavy atom. The first-order valence-corrected chi connectivity index (χ1v) is 9.52. The van der Waals surface area contributed by atoms with Gasteiger partial charge in [-0.05, 0) is 63.1 Å². The Kier molecular flexibility index (Phi) is 5.97. The second kappa shape index (κ2) is 8.19. The van der Waals surface area contributed by atoms with Crippen LogP contribution in [0.3, 0.4) is 0 Å². The summed E-state index contributed by atoms with van der Waals surface area (Å²) in [6, 6.07) is 10.4. The third-order valence-corrected chi connectivity index (χ3v) is 5.71. The first kappa shape index (κ1) is 18.2. The van der Waals surface area contributed by atoms with Crippen LogP contribution in [0.5, 0.6) is 0 Å². The Balaban J connectivity index is 1.35. The highest BCUT2D eigenvalue weighted by atomic mass is 16.3.